The van der Waals surface area contributed by atoms with Crippen molar-refractivity contribution in [1.29, 1.82) is 0 Å². The van der Waals surface area contributed by atoms with Gasteiger partial charge in [0.25, 0.3) is 0 Å². The summed E-state index contributed by atoms with van der Waals surface area (Å²) < 4.78 is 48.9. The van der Waals surface area contributed by atoms with Crippen LogP contribution in [0.1, 0.15) is 34.1 Å². The Labute approximate surface area is 193 Å². The van der Waals surface area contributed by atoms with E-state index in [0.29, 0.717) is 24.5 Å². The molecule has 2 aliphatic rings. The van der Waals surface area contributed by atoms with Crippen molar-refractivity contribution in [2.24, 2.45) is 11.8 Å². The summed E-state index contributed by atoms with van der Waals surface area (Å²) in [5, 5.41) is 14.4. The van der Waals surface area contributed by atoms with Crippen molar-refractivity contribution in [2.75, 3.05) is 26.3 Å². The number of carboxylic acid groups (broad SMARTS) is 1. The second kappa shape index (κ2) is 10.9. The third kappa shape index (κ3) is 6.98. The predicted molar refractivity (Wildman–Crippen MR) is 113 cm³/mol. The Hall–Kier alpha value is -2.02. The molecule has 0 saturated carbocycles. The lowest BCUT2D eigenvalue weighted by Crippen LogP contribution is -2.25. The standard InChI is InChI=1S/C19H27N3O3S.C2HF3O2/c1-12-17(13(2)25-21-12)6-22-7-18-15(9-24-19(18)8-22)4-5-23-10-16-11-26-14(3)20-16;3-2(4,5)1(6)7/h11,15,18-19H,4-10H2,1-3H3;(H,6,7)/t15-,18-,19-;/m0./s1. The molecule has 33 heavy (non-hydrogen) atoms. The molecule has 8 nitrogen and oxygen atoms in total. The second-order valence-electron chi connectivity index (χ2n) is 8.29. The number of ether oxygens (including phenoxy) is 2. The lowest BCUT2D eigenvalue weighted by molar-refractivity contribution is -0.192. The third-order valence-electron chi connectivity index (χ3n) is 5.87. The van der Waals surface area contributed by atoms with Gasteiger partial charge in [-0.1, -0.05) is 5.16 Å². The summed E-state index contributed by atoms with van der Waals surface area (Å²) in [6.45, 7) is 11.3. The average Bonchev–Trinajstić information content (AvgIpc) is 3.48. The number of thiazole rings is 1. The molecule has 2 aromatic rings. The van der Waals surface area contributed by atoms with E-state index in [1.54, 1.807) is 11.3 Å². The van der Waals surface area contributed by atoms with Gasteiger partial charge in [0.1, 0.15) is 5.76 Å². The number of halogens is 3. The van der Waals surface area contributed by atoms with Crippen LogP contribution in [0.25, 0.3) is 0 Å². The quantitative estimate of drug-likeness (QED) is 0.585. The van der Waals surface area contributed by atoms with Gasteiger partial charge < -0.3 is 19.1 Å². The number of carboxylic acids is 1. The van der Waals surface area contributed by atoms with Gasteiger partial charge in [-0.15, -0.1) is 11.3 Å². The third-order valence-corrected chi connectivity index (χ3v) is 6.69. The highest BCUT2D eigenvalue weighted by Gasteiger charge is 2.43. The van der Waals surface area contributed by atoms with Gasteiger partial charge in [0, 0.05) is 43.1 Å². The molecule has 1 N–H and O–H groups in total. The molecule has 4 rings (SSSR count). The molecule has 0 unspecified atom stereocenters. The van der Waals surface area contributed by atoms with Crippen molar-refractivity contribution >= 4 is 17.3 Å². The first kappa shape index (κ1) is 25.6. The zero-order chi connectivity index (χ0) is 24.2. The number of hydrogen-bond donors (Lipinski definition) is 1. The van der Waals surface area contributed by atoms with Gasteiger partial charge in [-0.05, 0) is 33.1 Å². The highest BCUT2D eigenvalue weighted by atomic mass is 32.1. The Balaban J connectivity index is 0.000000383. The maximum atomic E-state index is 10.6. The lowest BCUT2D eigenvalue weighted by Gasteiger charge is -2.19. The summed E-state index contributed by atoms with van der Waals surface area (Å²) in [4.78, 5) is 15.8. The van der Waals surface area contributed by atoms with Crippen molar-refractivity contribution in [2.45, 2.75) is 52.6 Å². The molecule has 3 atom stereocenters. The number of hydrogen-bond acceptors (Lipinski definition) is 8. The smallest absolute Gasteiger partial charge is 0.475 e. The molecule has 0 spiro atoms. The Morgan fingerprint density at radius 2 is 2.06 bits per heavy atom. The fourth-order valence-electron chi connectivity index (χ4n) is 4.14. The van der Waals surface area contributed by atoms with Gasteiger partial charge >= 0.3 is 12.1 Å². The second-order valence-corrected chi connectivity index (χ2v) is 9.36. The minimum absolute atomic E-state index is 0.363. The van der Waals surface area contributed by atoms with Crippen LogP contribution in [0.3, 0.4) is 0 Å². The summed E-state index contributed by atoms with van der Waals surface area (Å²) in [6.07, 6.45) is -3.66. The Morgan fingerprint density at radius 3 is 2.64 bits per heavy atom. The average molecular weight is 492 g/mol. The molecule has 0 aromatic carbocycles. The number of aliphatic carboxylic acids is 1. The van der Waals surface area contributed by atoms with Crippen LogP contribution >= 0.6 is 11.3 Å². The summed E-state index contributed by atoms with van der Waals surface area (Å²) in [5.41, 5.74) is 3.27. The highest BCUT2D eigenvalue weighted by Crippen LogP contribution is 2.36. The summed E-state index contributed by atoms with van der Waals surface area (Å²) >= 11 is 1.68. The zero-order valence-corrected chi connectivity index (χ0v) is 19.5. The van der Waals surface area contributed by atoms with Crippen LogP contribution in [-0.2, 0) is 27.4 Å². The molecule has 12 heteroatoms. The Morgan fingerprint density at radius 1 is 1.33 bits per heavy atom. The van der Waals surface area contributed by atoms with Crippen LogP contribution in [0.5, 0.6) is 0 Å². The number of carbonyl (C=O) groups is 1. The van der Waals surface area contributed by atoms with E-state index >= 15 is 0 Å². The molecule has 4 heterocycles. The number of alkyl halides is 3. The normalized spacial score (nSPS) is 22.8. The molecule has 2 aliphatic heterocycles. The van der Waals surface area contributed by atoms with Gasteiger partial charge in [0.05, 0.1) is 35.7 Å². The maximum absolute atomic E-state index is 10.6. The SMILES string of the molecule is Cc1nc(COCC[C@H]2CO[C@H]3CN(Cc4c(C)noc4C)C[C@@H]23)cs1.O=C(O)C(F)(F)F. The van der Waals surface area contributed by atoms with Gasteiger partial charge in [-0.25, -0.2) is 9.78 Å². The number of nitrogens with zero attached hydrogens (tertiary/aromatic N) is 3. The molecule has 184 valence electrons. The van der Waals surface area contributed by atoms with E-state index in [0.717, 1.165) is 61.4 Å². The number of likely N-dealkylation sites (tertiary alicyclic amines) is 1. The fourth-order valence-corrected chi connectivity index (χ4v) is 4.74. The molecule has 2 saturated heterocycles. The van der Waals surface area contributed by atoms with Crippen molar-refractivity contribution in [3.05, 3.63) is 33.1 Å². The van der Waals surface area contributed by atoms with E-state index in [-0.39, 0.29) is 0 Å². The number of aryl methyl sites for hydroxylation is 3. The number of aromatic nitrogens is 2. The lowest BCUT2D eigenvalue weighted by atomic mass is 9.91. The molecule has 0 bridgehead atoms. The molecule has 0 amide bonds. The fraction of sp³-hybridized carbons (Fsp3) is 0.667. The number of rotatable bonds is 7. The monoisotopic (exact) mass is 491 g/mol. The molecule has 2 fully saturated rings. The van der Waals surface area contributed by atoms with Gasteiger partial charge in [0.2, 0.25) is 0 Å². The molecular formula is C21H28F3N3O5S. The molecule has 0 aliphatic carbocycles. The van der Waals surface area contributed by atoms with Gasteiger partial charge in [0.15, 0.2) is 0 Å². The maximum Gasteiger partial charge on any atom is 0.490 e. The van der Waals surface area contributed by atoms with E-state index in [1.807, 2.05) is 20.8 Å². The van der Waals surface area contributed by atoms with Crippen LogP contribution in [0.15, 0.2) is 9.90 Å². The first-order valence-electron chi connectivity index (χ1n) is 10.6. The molecule has 0 radical (unpaired) electrons. The van der Waals surface area contributed by atoms with Crippen LogP contribution in [0.4, 0.5) is 13.2 Å². The van der Waals surface area contributed by atoms with Gasteiger partial charge in [-0.2, -0.15) is 13.2 Å². The number of fused-ring (bicyclic) bond motifs is 1. The Kier molecular flexibility index (Phi) is 8.48. The van der Waals surface area contributed by atoms with Crippen molar-refractivity contribution < 1.29 is 37.1 Å². The predicted octanol–water partition coefficient (Wildman–Crippen LogP) is 3.74. The van der Waals surface area contributed by atoms with Crippen LogP contribution in [0.2, 0.25) is 0 Å². The summed E-state index contributed by atoms with van der Waals surface area (Å²) in [6, 6.07) is 0. The van der Waals surface area contributed by atoms with Crippen LogP contribution < -0.4 is 0 Å². The van der Waals surface area contributed by atoms with Crippen LogP contribution in [-0.4, -0.2) is 64.7 Å². The summed E-state index contributed by atoms with van der Waals surface area (Å²) in [5.74, 6) is -0.623. The zero-order valence-electron chi connectivity index (χ0n) is 18.7. The highest BCUT2D eigenvalue weighted by molar-refractivity contribution is 7.09. The van der Waals surface area contributed by atoms with Crippen molar-refractivity contribution in [1.82, 2.24) is 15.0 Å². The van der Waals surface area contributed by atoms with Crippen LogP contribution in [0, 0.1) is 32.6 Å². The topological polar surface area (TPSA) is 97.9 Å². The van der Waals surface area contributed by atoms with Crippen molar-refractivity contribution in [3.8, 4) is 0 Å². The first-order chi connectivity index (χ1) is 15.5. The van der Waals surface area contributed by atoms with E-state index in [4.69, 9.17) is 23.9 Å². The first-order valence-corrected chi connectivity index (χ1v) is 11.5. The van der Waals surface area contributed by atoms with E-state index in [2.05, 4.69) is 20.4 Å². The largest absolute Gasteiger partial charge is 0.490 e. The van der Waals surface area contributed by atoms with Gasteiger partial charge in [-0.3, -0.25) is 4.90 Å². The van der Waals surface area contributed by atoms with E-state index < -0.39 is 12.1 Å². The molecular weight excluding hydrogens is 463 g/mol. The minimum Gasteiger partial charge on any atom is -0.475 e. The van der Waals surface area contributed by atoms with E-state index in [9.17, 15) is 13.2 Å². The van der Waals surface area contributed by atoms with E-state index in [1.165, 1.54) is 5.56 Å². The van der Waals surface area contributed by atoms with Crippen molar-refractivity contribution in [3.63, 3.8) is 0 Å². The molecule has 2 aromatic heterocycles. The Bertz CT molecular complexity index is 913. The summed E-state index contributed by atoms with van der Waals surface area (Å²) in [7, 11) is 0. The minimum atomic E-state index is -5.08.